The van der Waals surface area contributed by atoms with Gasteiger partial charge in [0.2, 0.25) is 5.91 Å². The van der Waals surface area contributed by atoms with Crippen molar-refractivity contribution in [2.45, 2.75) is 90.7 Å². The van der Waals surface area contributed by atoms with Gasteiger partial charge in [0.15, 0.2) is 17.3 Å². The Labute approximate surface area is 424 Å². The Bertz CT molecular complexity index is 1860. The molecule has 0 saturated carbocycles. The number of carbonyl (C=O) groups excluding carboxylic acids is 7. The van der Waals surface area contributed by atoms with E-state index in [-0.39, 0.29) is 100 Å². The summed E-state index contributed by atoms with van der Waals surface area (Å²) < 4.78 is 52.9. The van der Waals surface area contributed by atoms with Gasteiger partial charge in [-0.3, -0.25) is 24.0 Å². The Kier molecular flexibility index (Phi) is 33.8. The fourth-order valence-electron chi connectivity index (χ4n) is 6.71. The van der Waals surface area contributed by atoms with Gasteiger partial charge in [-0.05, 0) is 76.1 Å². The summed E-state index contributed by atoms with van der Waals surface area (Å²) in [6, 6.07) is 15.0. The molecule has 0 unspecified atom stereocenters. The summed E-state index contributed by atoms with van der Waals surface area (Å²) in [4.78, 5) is 83.2. The zero-order valence-corrected chi connectivity index (χ0v) is 43.0. The van der Waals surface area contributed by atoms with Crippen molar-refractivity contribution in [3.05, 3.63) is 59.7 Å². The van der Waals surface area contributed by atoms with Crippen LogP contribution in [0.1, 0.15) is 90.2 Å². The van der Waals surface area contributed by atoms with E-state index in [2.05, 4.69) is 22.8 Å². The number of amides is 2. The Morgan fingerprint density at radius 2 is 1.04 bits per heavy atom. The molecule has 1 atom stereocenters. The smallest absolute Gasteiger partial charge is 0.407 e. The first-order valence-corrected chi connectivity index (χ1v) is 24.6. The first-order chi connectivity index (χ1) is 34.6. The highest BCUT2D eigenvalue weighted by molar-refractivity contribution is 5.84. The summed E-state index contributed by atoms with van der Waals surface area (Å²) in [6.07, 6.45) is 1.15. The average Bonchev–Trinajstić information content (AvgIpc) is 3.66. The number of rotatable bonds is 40. The van der Waals surface area contributed by atoms with Crippen LogP contribution in [0.15, 0.2) is 48.5 Å². The zero-order valence-electron chi connectivity index (χ0n) is 43.0. The number of ketones is 4. The van der Waals surface area contributed by atoms with Crippen LogP contribution in [-0.2, 0) is 76.1 Å². The standard InChI is InChI=1S/C38H52N2O11.C14H27NO6/c1-27(41)24-48-22-21-47-19-17-39-35(43)26-49-23-20-46-18-9-10-28(42)15-16-34(36(44)51-38(2,3)4)40-37(45)50-25-33-31-13-7-5-11-29(31)30-12-6-8-14-32(30)33;1-13(16)11-20-9-7-18-5-2-3-14(17)12-21-10-8-19-6-4-15/h5-8,11-14,33-34H,9-10,15-26H2,1-4H3,(H,39,43)(H,40,45);2-12,15H2,1H3/t34-;/m0./s1. The van der Waals surface area contributed by atoms with Gasteiger partial charge in [-0.15, -0.1) is 0 Å². The van der Waals surface area contributed by atoms with E-state index in [0.29, 0.717) is 98.4 Å². The van der Waals surface area contributed by atoms with E-state index in [4.69, 9.17) is 53.1 Å². The molecule has 2 amide bonds. The predicted octanol–water partition coefficient (Wildman–Crippen LogP) is 4.09. The molecular weight excluding hydrogens is 939 g/mol. The topological polar surface area (TPSA) is 262 Å². The van der Waals surface area contributed by atoms with Gasteiger partial charge in [-0.25, -0.2) is 9.59 Å². The van der Waals surface area contributed by atoms with E-state index < -0.39 is 23.7 Å². The lowest BCUT2D eigenvalue weighted by molar-refractivity contribution is -0.157. The molecule has 20 nitrogen and oxygen atoms in total. The number of nitrogens with one attached hydrogen (secondary N) is 2. The van der Waals surface area contributed by atoms with Crippen molar-refractivity contribution >= 4 is 41.1 Å². The summed E-state index contributed by atoms with van der Waals surface area (Å²) >= 11 is 0. The van der Waals surface area contributed by atoms with Gasteiger partial charge in [-0.2, -0.15) is 0 Å². The molecule has 3 rings (SSSR count). The van der Waals surface area contributed by atoms with E-state index in [1.807, 2.05) is 36.4 Å². The SMILES string of the molecule is CC(=O)COCCOCCCC(=O)COCCOCCN.CC(=O)COCCOCCNC(=O)COCCOCCCC(=O)CC[C@H](NC(=O)OCC1c2ccccc2-c2ccccc21)C(=O)OC(C)(C)C. The summed E-state index contributed by atoms with van der Waals surface area (Å²) in [5.74, 6) is -1.14. The Balaban J connectivity index is 0.000000710. The number of ether oxygens (including phenoxy) is 10. The van der Waals surface area contributed by atoms with Crippen LogP contribution < -0.4 is 16.4 Å². The molecule has 2 aromatic rings. The second kappa shape index (κ2) is 38.6. The minimum atomic E-state index is -1.06. The zero-order chi connectivity index (χ0) is 52.8. The predicted molar refractivity (Wildman–Crippen MR) is 266 cm³/mol. The van der Waals surface area contributed by atoms with E-state index in [1.165, 1.54) is 13.8 Å². The van der Waals surface area contributed by atoms with E-state index in [9.17, 15) is 33.6 Å². The number of carbonyl (C=O) groups is 7. The molecular formula is C52H79N3O17. The summed E-state index contributed by atoms with van der Waals surface area (Å²) in [6.45, 7) is 13.6. The van der Waals surface area contributed by atoms with Crippen LogP contribution in [0.4, 0.5) is 4.79 Å². The van der Waals surface area contributed by atoms with Gasteiger partial charge in [0.05, 0.1) is 66.1 Å². The van der Waals surface area contributed by atoms with Gasteiger partial charge in [-0.1, -0.05) is 48.5 Å². The van der Waals surface area contributed by atoms with E-state index in [1.54, 1.807) is 20.8 Å². The lowest BCUT2D eigenvalue weighted by atomic mass is 9.98. The number of fused-ring (bicyclic) bond motifs is 3. The first-order valence-electron chi connectivity index (χ1n) is 24.6. The lowest BCUT2D eigenvalue weighted by Gasteiger charge is -2.24. The Morgan fingerprint density at radius 3 is 1.57 bits per heavy atom. The third-order valence-corrected chi connectivity index (χ3v) is 9.95. The van der Waals surface area contributed by atoms with Crippen LogP contribution in [0.25, 0.3) is 11.1 Å². The number of esters is 1. The summed E-state index contributed by atoms with van der Waals surface area (Å²) in [5, 5.41) is 5.29. The quantitative estimate of drug-likeness (QED) is 0.0627. The molecule has 2 aromatic carbocycles. The van der Waals surface area contributed by atoms with Gasteiger partial charge in [0.25, 0.3) is 0 Å². The van der Waals surface area contributed by atoms with E-state index >= 15 is 0 Å². The molecule has 0 spiro atoms. The number of nitrogens with two attached hydrogens (primary N) is 1. The monoisotopic (exact) mass is 1020 g/mol. The Morgan fingerprint density at radius 1 is 0.569 bits per heavy atom. The van der Waals surface area contributed by atoms with Gasteiger partial charge >= 0.3 is 12.1 Å². The highest BCUT2D eigenvalue weighted by Gasteiger charge is 2.31. The van der Waals surface area contributed by atoms with E-state index in [0.717, 1.165) is 22.3 Å². The van der Waals surface area contributed by atoms with Gasteiger partial charge < -0.3 is 63.7 Å². The van der Waals surface area contributed by atoms with Crippen molar-refractivity contribution in [3.8, 4) is 11.1 Å². The number of hydrogen-bond acceptors (Lipinski definition) is 18. The minimum Gasteiger partial charge on any atom is -0.458 e. The van der Waals surface area contributed by atoms with Gasteiger partial charge in [0, 0.05) is 51.5 Å². The molecule has 404 valence electrons. The molecule has 1 aliphatic carbocycles. The van der Waals surface area contributed by atoms with Crippen LogP contribution in [-0.4, -0.2) is 178 Å². The summed E-state index contributed by atoms with van der Waals surface area (Å²) in [7, 11) is 0. The summed E-state index contributed by atoms with van der Waals surface area (Å²) in [5.41, 5.74) is 8.84. The van der Waals surface area contributed by atoms with Crippen molar-refractivity contribution in [2.24, 2.45) is 5.73 Å². The highest BCUT2D eigenvalue weighted by atomic mass is 16.6. The highest BCUT2D eigenvalue weighted by Crippen LogP contribution is 2.44. The van der Waals surface area contributed by atoms with Crippen LogP contribution in [0.3, 0.4) is 0 Å². The molecule has 20 heteroatoms. The second-order valence-corrected chi connectivity index (χ2v) is 17.6. The third kappa shape index (κ3) is 30.8. The minimum absolute atomic E-state index is 0.00553. The van der Waals surface area contributed by atoms with Gasteiger partial charge in [0.1, 0.15) is 50.5 Å². The van der Waals surface area contributed by atoms with Crippen LogP contribution >= 0.6 is 0 Å². The molecule has 0 bridgehead atoms. The number of benzene rings is 2. The molecule has 0 aliphatic heterocycles. The molecule has 0 fully saturated rings. The maximum atomic E-state index is 13.0. The second-order valence-electron chi connectivity index (χ2n) is 17.6. The van der Waals surface area contributed by atoms with Crippen molar-refractivity contribution in [1.82, 2.24) is 10.6 Å². The van der Waals surface area contributed by atoms with Crippen molar-refractivity contribution in [1.29, 1.82) is 0 Å². The van der Waals surface area contributed by atoms with Crippen molar-refractivity contribution < 1.29 is 80.9 Å². The molecule has 0 saturated heterocycles. The van der Waals surface area contributed by atoms with Crippen LogP contribution in [0, 0.1) is 0 Å². The maximum absolute atomic E-state index is 13.0. The van der Waals surface area contributed by atoms with Crippen LogP contribution in [0.2, 0.25) is 0 Å². The van der Waals surface area contributed by atoms with Crippen LogP contribution in [0.5, 0.6) is 0 Å². The molecule has 0 heterocycles. The Hall–Kier alpha value is -5.03. The van der Waals surface area contributed by atoms with Crippen molar-refractivity contribution in [3.63, 3.8) is 0 Å². The third-order valence-electron chi connectivity index (χ3n) is 9.95. The van der Waals surface area contributed by atoms with Crippen molar-refractivity contribution in [2.75, 3.05) is 125 Å². The fraction of sp³-hybridized carbons (Fsp3) is 0.635. The lowest BCUT2D eigenvalue weighted by Crippen LogP contribution is -2.44. The largest absolute Gasteiger partial charge is 0.458 e. The molecule has 72 heavy (non-hydrogen) atoms. The number of Topliss-reactive ketones (excluding diaryl/α,β-unsaturated/α-hetero) is 4. The fourth-order valence-corrected chi connectivity index (χ4v) is 6.71. The molecule has 0 radical (unpaired) electrons. The normalized spacial score (nSPS) is 12.2. The number of alkyl carbamates (subject to hydrolysis) is 1. The molecule has 0 aromatic heterocycles. The number of hydrogen-bond donors (Lipinski definition) is 3. The molecule has 4 N–H and O–H groups in total. The molecule has 1 aliphatic rings. The maximum Gasteiger partial charge on any atom is 0.407 e. The average molecular weight is 1020 g/mol. The first kappa shape index (κ1) is 63.1.